The van der Waals surface area contributed by atoms with Crippen molar-refractivity contribution in [2.75, 3.05) is 31.9 Å². The second-order valence-electron chi connectivity index (χ2n) is 6.46. The largest absolute Gasteiger partial charge is 0.408 e. The lowest BCUT2D eigenvalue weighted by Crippen LogP contribution is -2.49. The van der Waals surface area contributed by atoms with Gasteiger partial charge in [-0.15, -0.1) is 0 Å². The maximum absolute atomic E-state index is 13.6. The Morgan fingerprint density at radius 1 is 1.14 bits per heavy atom. The Hall–Kier alpha value is -2.85. The number of hydrogen-bond acceptors (Lipinski definition) is 5. The van der Waals surface area contributed by atoms with E-state index < -0.39 is 17.8 Å². The number of nitrogens with one attached hydrogen (secondary N) is 2. The molecular weight excluding hydrogens is 373 g/mol. The molecule has 10 heteroatoms. The summed E-state index contributed by atoms with van der Waals surface area (Å²) in [6, 6.07) is 5.43. The number of halogens is 3. The average molecular weight is 394 g/mol. The molecule has 1 aromatic heterocycles. The lowest BCUT2D eigenvalue weighted by molar-refractivity contribution is -0.187. The molecule has 0 radical (unpaired) electrons. The molecule has 28 heavy (non-hydrogen) atoms. The summed E-state index contributed by atoms with van der Waals surface area (Å²) in [6.45, 7) is 1.65. The zero-order valence-corrected chi connectivity index (χ0v) is 15.0. The molecule has 0 spiro atoms. The van der Waals surface area contributed by atoms with Crippen LogP contribution in [-0.2, 0) is 0 Å². The molecule has 1 saturated heterocycles. The van der Waals surface area contributed by atoms with E-state index in [-0.39, 0.29) is 22.6 Å². The molecule has 6 N–H and O–H groups in total. The van der Waals surface area contributed by atoms with Crippen LogP contribution in [0.1, 0.15) is 17.2 Å². The van der Waals surface area contributed by atoms with Crippen LogP contribution < -0.4 is 22.3 Å². The van der Waals surface area contributed by atoms with Gasteiger partial charge in [0.15, 0.2) is 0 Å². The summed E-state index contributed by atoms with van der Waals surface area (Å²) < 4.78 is 40.9. The standard InChI is InChI=1S/C18H21F3N6O/c19-18(20,21)15(27-9-7-24-8-10-27)11-1-3-12(4-2-11)26-16(23)14-13(22)5-6-25-17(14)28/h1-6,15,24H,7-10H2,(H2,23,26)(H3,22,25,28). The summed E-state index contributed by atoms with van der Waals surface area (Å²) in [5, 5.41) is 3.05. The van der Waals surface area contributed by atoms with Crippen LogP contribution in [-0.4, -0.2) is 48.1 Å². The van der Waals surface area contributed by atoms with Crippen molar-refractivity contribution in [3.8, 4) is 0 Å². The Balaban J connectivity index is 1.88. The molecule has 1 atom stereocenters. The molecule has 7 nitrogen and oxygen atoms in total. The molecule has 1 aliphatic heterocycles. The number of nitrogens with zero attached hydrogens (tertiary/aromatic N) is 2. The SMILES string of the molecule is NC(=Nc1ccc(C(N2CCNCC2)C(F)(F)F)cc1)c1c(N)cc[nH]c1=O. The van der Waals surface area contributed by atoms with Gasteiger partial charge in [-0.3, -0.25) is 9.69 Å². The van der Waals surface area contributed by atoms with E-state index in [0.717, 1.165) is 0 Å². The lowest BCUT2D eigenvalue weighted by Gasteiger charge is -2.36. The molecule has 3 rings (SSSR count). The normalized spacial score (nSPS) is 17.5. The first kappa shape index (κ1) is 19.9. The van der Waals surface area contributed by atoms with Gasteiger partial charge in [0.1, 0.15) is 17.4 Å². The highest BCUT2D eigenvalue weighted by Gasteiger charge is 2.44. The molecule has 0 amide bonds. The van der Waals surface area contributed by atoms with Crippen LogP contribution in [0.25, 0.3) is 0 Å². The van der Waals surface area contributed by atoms with Crippen molar-refractivity contribution in [1.29, 1.82) is 0 Å². The zero-order valence-electron chi connectivity index (χ0n) is 15.0. The van der Waals surface area contributed by atoms with Gasteiger partial charge in [0, 0.05) is 38.1 Å². The van der Waals surface area contributed by atoms with E-state index in [2.05, 4.69) is 15.3 Å². The number of H-pyrrole nitrogens is 1. The maximum atomic E-state index is 13.6. The second-order valence-corrected chi connectivity index (χ2v) is 6.46. The number of anilines is 1. The number of benzene rings is 1. The number of alkyl halides is 3. The molecule has 150 valence electrons. The van der Waals surface area contributed by atoms with E-state index in [1.807, 2.05) is 0 Å². The van der Waals surface area contributed by atoms with E-state index in [1.165, 1.54) is 41.4 Å². The molecule has 1 fully saturated rings. The molecule has 0 saturated carbocycles. The quantitative estimate of drug-likeness (QED) is 0.464. The van der Waals surface area contributed by atoms with Crippen molar-refractivity contribution in [2.45, 2.75) is 12.2 Å². The van der Waals surface area contributed by atoms with Gasteiger partial charge >= 0.3 is 6.18 Å². The molecular formula is C18H21F3N6O. The number of nitrogens with two attached hydrogens (primary N) is 2. The molecule has 1 unspecified atom stereocenters. The first-order valence-electron chi connectivity index (χ1n) is 8.70. The van der Waals surface area contributed by atoms with Gasteiger partial charge in [0.05, 0.1) is 5.69 Å². The number of rotatable bonds is 4. The highest BCUT2D eigenvalue weighted by molar-refractivity contribution is 6.02. The highest BCUT2D eigenvalue weighted by Crippen LogP contribution is 2.38. The van der Waals surface area contributed by atoms with Crippen LogP contribution in [0.4, 0.5) is 24.5 Å². The van der Waals surface area contributed by atoms with E-state index in [1.54, 1.807) is 0 Å². The Labute approximate surface area is 159 Å². The Kier molecular flexibility index (Phi) is 5.71. The van der Waals surface area contributed by atoms with Gasteiger partial charge in [-0.25, -0.2) is 4.99 Å². The zero-order chi connectivity index (χ0) is 20.3. The highest BCUT2D eigenvalue weighted by atomic mass is 19.4. The van der Waals surface area contributed by atoms with Crippen molar-refractivity contribution in [3.05, 3.63) is 58.0 Å². The molecule has 2 heterocycles. The van der Waals surface area contributed by atoms with Crippen molar-refractivity contribution in [1.82, 2.24) is 15.2 Å². The van der Waals surface area contributed by atoms with Crippen molar-refractivity contribution < 1.29 is 13.2 Å². The van der Waals surface area contributed by atoms with Crippen LogP contribution in [0.15, 0.2) is 46.3 Å². The Morgan fingerprint density at radius 2 is 1.79 bits per heavy atom. The van der Waals surface area contributed by atoms with Gasteiger partial charge in [0.25, 0.3) is 5.56 Å². The van der Waals surface area contributed by atoms with Gasteiger partial charge in [0.2, 0.25) is 0 Å². The summed E-state index contributed by atoms with van der Waals surface area (Å²) in [7, 11) is 0. The van der Waals surface area contributed by atoms with Crippen LogP contribution >= 0.6 is 0 Å². The van der Waals surface area contributed by atoms with E-state index in [4.69, 9.17) is 11.5 Å². The van der Waals surface area contributed by atoms with Gasteiger partial charge in [-0.2, -0.15) is 13.2 Å². The predicted octanol–water partition coefficient (Wildman–Crippen LogP) is 1.50. The monoisotopic (exact) mass is 394 g/mol. The Morgan fingerprint density at radius 3 is 2.36 bits per heavy atom. The number of nitrogen functional groups attached to an aromatic ring is 1. The fraction of sp³-hybridized carbons (Fsp3) is 0.333. The summed E-state index contributed by atoms with van der Waals surface area (Å²) in [5.41, 5.74) is 11.8. The summed E-state index contributed by atoms with van der Waals surface area (Å²) in [5.74, 6) is -0.110. The minimum atomic E-state index is -4.40. The first-order chi connectivity index (χ1) is 13.3. The third-order valence-corrected chi connectivity index (χ3v) is 4.53. The second kappa shape index (κ2) is 8.03. The minimum Gasteiger partial charge on any atom is -0.398 e. The number of pyridine rings is 1. The number of hydrogen-bond donors (Lipinski definition) is 4. The van der Waals surface area contributed by atoms with Gasteiger partial charge in [-0.05, 0) is 23.8 Å². The van der Waals surface area contributed by atoms with Crippen LogP contribution in [0, 0.1) is 0 Å². The van der Waals surface area contributed by atoms with E-state index in [0.29, 0.717) is 31.9 Å². The molecule has 1 aromatic carbocycles. The predicted molar refractivity (Wildman–Crippen MR) is 102 cm³/mol. The Bertz CT molecular complexity index is 901. The van der Waals surface area contributed by atoms with Crippen LogP contribution in [0.5, 0.6) is 0 Å². The summed E-state index contributed by atoms with van der Waals surface area (Å²) in [6.07, 6.45) is -3.01. The third-order valence-electron chi connectivity index (χ3n) is 4.53. The topological polar surface area (TPSA) is 113 Å². The third kappa shape index (κ3) is 4.34. The minimum absolute atomic E-state index is 0.0283. The van der Waals surface area contributed by atoms with Crippen molar-refractivity contribution in [3.63, 3.8) is 0 Å². The van der Waals surface area contributed by atoms with Gasteiger partial charge in [-0.1, -0.05) is 12.1 Å². The smallest absolute Gasteiger partial charge is 0.398 e. The van der Waals surface area contributed by atoms with E-state index in [9.17, 15) is 18.0 Å². The van der Waals surface area contributed by atoms with Gasteiger partial charge < -0.3 is 21.8 Å². The molecule has 0 aliphatic carbocycles. The van der Waals surface area contributed by atoms with Crippen molar-refractivity contribution >= 4 is 17.2 Å². The number of aliphatic imine (C=N–C) groups is 1. The fourth-order valence-corrected chi connectivity index (χ4v) is 3.23. The molecule has 2 aromatic rings. The van der Waals surface area contributed by atoms with E-state index >= 15 is 0 Å². The van der Waals surface area contributed by atoms with Crippen molar-refractivity contribution in [2.24, 2.45) is 10.7 Å². The number of aromatic amines is 1. The van der Waals surface area contributed by atoms with Crippen LogP contribution in [0.3, 0.4) is 0 Å². The summed E-state index contributed by atoms with van der Waals surface area (Å²) >= 11 is 0. The fourth-order valence-electron chi connectivity index (χ4n) is 3.23. The maximum Gasteiger partial charge on any atom is 0.408 e. The molecule has 0 bridgehead atoms. The number of amidine groups is 1. The number of piperazine rings is 1. The molecule has 1 aliphatic rings. The number of aromatic nitrogens is 1. The first-order valence-corrected chi connectivity index (χ1v) is 8.70. The van der Waals surface area contributed by atoms with Crippen LogP contribution in [0.2, 0.25) is 0 Å². The average Bonchev–Trinajstić information content (AvgIpc) is 2.63. The lowest BCUT2D eigenvalue weighted by atomic mass is 10.0. The summed E-state index contributed by atoms with van der Waals surface area (Å²) in [4.78, 5) is 19.8.